The number of carbonyl (C=O) groups excluding carboxylic acids is 3. The monoisotopic (exact) mass is 494 g/mol. The molecule has 12 heteroatoms. The smallest absolute Gasteiger partial charge is 0.288 e. The fourth-order valence-corrected chi connectivity index (χ4v) is 5.19. The van der Waals surface area contributed by atoms with E-state index in [9.17, 15) is 19.2 Å². The number of aromatic nitrogens is 4. The number of para-hydroxylation sites is 2. The van der Waals surface area contributed by atoms with Crippen molar-refractivity contribution in [3.05, 3.63) is 65.0 Å². The van der Waals surface area contributed by atoms with Crippen molar-refractivity contribution in [1.82, 2.24) is 29.4 Å². The summed E-state index contributed by atoms with van der Waals surface area (Å²) < 4.78 is 3.27. The third-order valence-corrected chi connectivity index (χ3v) is 7.03. The highest BCUT2D eigenvalue weighted by molar-refractivity contribution is 8.14. The van der Waals surface area contributed by atoms with Crippen LogP contribution in [0.3, 0.4) is 0 Å². The Balaban J connectivity index is 1.39. The highest BCUT2D eigenvalue weighted by atomic mass is 32.2. The van der Waals surface area contributed by atoms with Crippen LogP contribution in [0.15, 0.2) is 64.5 Å². The topological polar surface area (TPSA) is 119 Å². The van der Waals surface area contributed by atoms with Crippen LogP contribution >= 0.6 is 23.5 Å². The van der Waals surface area contributed by atoms with E-state index in [4.69, 9.17) is 0 Å². The van der Waals surface area contributed by atoms with E-state index in [0.29, 0.717) is 27.5 Å². The van der Waals surface area contributed by atoms with Crippen LogP contribution in [0.2, 0.25) is 0 Å². The minimum Gasteiger partial charge on any atom is -0.354 e. The van der Waals surface area contributed by atoms with Gasteiger partial charge in [-0.3, -0.25) is 28.5 Å². The first kappa shape index (κ1) is 22.2. The molecule has 3 amide bonds. The summed E-state index contributed by atoms with van der Waals surface area (Å²) in [6, 6.07) is 16.4. The van der Waals surface area contributed by atoms with Crippen LogP contribution in [0, 0.1) is 0 Å². The highest BCUT2D eigenvalue weighted by Crippen LogP contribution is 2.23. The summed E-state index contributed by atoms with van der Waals surface area (Å²) in [5.74, 6) is 0.0290. The van der Waals surface area contributed by atoms with Crippen LogP contribution in [-0.2, 0) is 9.59 Å². The minimum atomic E-state index is -0.292. The fraction of sp³-hybridized carbons (Fsp3) is 0.182. The summed E-state index contributed by atoms with van der Waals surface area (Å²) in [6.45, 7) is 0.317. The maximum atomic E-state index is 13.2. The van der Waals surface area contributed by atoms with Gasteiger partial charge in [-0.05, 0) is 24.3 Å². The molecule has 2 aromatic carbocycles. The van der Waals surface area contributed by atoms with Crippen molar-refractivity contribution < 1.29 is 14.4 Å². The van der Waals surface area contributed by atoms with E-state index in [1.54, 1.807) is 16.5 Å². The van der Waals surface area contributed by atoms with Gasteiger partial charge in [0.15, 0.2) is 5.16 Å². The van der Waals surface area contributed by atoms with Crippen LogP contribution < -0.4 is 10.9 Å². The predicted octanol–water partition coefficient (Wildman–Crippen LogP) is 1.94. The summed E-state index contributed by atoms with van der Waals surface area (Å²) in [4.78, 5) is 50.1. The molecule has 0 saturated carbocycles. The van der Waals surface area contributed by atoms with Crippen molar-refractivity contribution in [3.8, 4) is 5.69 Å². The molecule has 3 heterocycles. The second kappa shape index (κ2) is 9.31. The molecule has 2 aromatic heterocycles. The van der Waals surface area contributed by atoms with Crippen LogP contribution in [0.4, 0.5) is 4.79 Å². The molecule has 1 aliphatic heterocycles. The van der Waals surface area contributed by atoms with Crippen molar-refractivity contribution in [3.63, 3.8) is 0 Å². The van der Waals surface area contributed by atoms with Gasteiger partial charge >= 0.3 is 0 Å². The zero-order valence-electron chi connectivity index (χ0n) is 17.7. The Labute approximate surface area is 201 Å². The second-order valence-corrected chi connectivity index (χ2v) is 9.22. The normalized spacial score (nSPS) is 13.8. The number of hydrogen-bond donors (Lipinski definition) is 1. The van der Waals surface area contributed by atoms with Crippen molar-refractivity contribution in [2.75, 3.05) is 24.6 Å². The molecule has 0 aliphatic carbocycles. The molecule has 1 aliphatic rings. The molecular formula is C22H18N6O4S2. The van der Waals surface area contributed by atoms with E-state index < -0.39 is 0 Å². The SMILES string of the molecule is O=C(CSc1nnc2n(-c3ccccc3)c(=O)c3ccccc3n12)NCCN1C(=O)CSC1=O. The van der Waals surface area contributed by atoms with E-state index in [2.05, 4.69) is 15.5 Å². The average molecular weight is 495 g/mol. The average Bonchev–Trinajstić information content (AvgIpc) is 3.42. The highest BCUT2D eigenvalue weighted by Gasteiger charge is 2.29. The molecule has 10 nitrogen and oxygen atoms in total. The number of nitrogens with one attached hydrogen (secondary N) is 1. The van der Waals surface area contributed by atoms with E-state index in [1.807, 2.05) is 42.5 Å². The summed E-state index contributed by atoms with van der Waals surface area (Å²) in [5, 5.41) is 11.9. The number of imide groups is 1. The molecule has 5 rings (SSSR count). The predicted molar refractivity (Wildman–Crippen MR) is 129 cm³/mol. The zero-order valence-corrected chi connectivity index (χ0v) is 19.3. The van der Waals surface area contributed by atoms with Crippen LogP contribution in [0.25, 0.3) is 22.4 Å². The molecule has 1 fully saturated rings. The van der Waals surface area contributed by atoms with Gasteiger partial charge in [-0.25, -0.2) is 4.57 Å². The number of fused-ring (bicyclic) bond motifs is 3. The van der Waals surface area contributed by atoms with Crippen molar-refractivity contribution in [1.29, 1.82) is 0 Å². The lowest BCUT2D eigenvalue weighted by molar-refractivity contribution is -0.125. The molecule has 0 spiro atoms. The third kappa shape index (κ3) is 4.05. The molecule has 1 N–H and O–H groups in total. The zero-order chi connectivity index (χ0) is 23.7. The van der Waals surface area contributed by atoms with Crippen molar-refractivity contribution in [2.45, 2.75) is 5.16 Å². The first-order valence-electron chi connectivity index (χ1n) is 10.4. The number of rotatable bonds is 7. The standard InChI is InChI=1S/C22H18N6O4S2/c29-17(23-10-11-26-18(30)13-34-22(26)32)12-33-21-25-24-20-27(14-6-2-1-3-7-14)19(31)15-8-4-5-9-16(15)28(20)21/h1-9H,10-13H2,(H,23,29). The van der Waals surface area contributed by atoms with Gasteiger partial charge in [0.25, 0.3) is 10.8 Å². The maximum absolute atomic E-state index is 13.2. The lowest BCUT2D eigenvalue weighted by atomic mass is 10.2. The number of carbonyl (C=O) groups is 3. The Bertz CT molecular complexity index is 1470. The molecule has 0 atom stereocenters. The maximum Gasteiger partial charge on any atom is 0.288 e. The second-order valence-electron chi connectivity index (χ2n) is 7.35. The van der Waals surface area contributed by atoms with Crippen molar-refractivity contribution in [2.24, 2.45) is 0 Å². The molecule has 0 radical (unpaired) electrons. The molecule has 172 valence electrons. The summed E-state index contributed by atoms with van der Waals surface area (Å²) in [7, 11) is 0. The van der Waals surface area contributed by atoms with Gasteiger partial charge in [0.2, 0.25) is 17.6 Å². The van der Waals surface area contributed by atoms with E-state index >= 15 is 0 Å². The van der Waals surface area contributed by atoms with Gasteiger partial charge in [-0.1, -0.05) is 53.9 Å². The Morgan fingerprint density at radius 1 is 1.03 bits per heavy atom. The largest absolute Gasteiger partial charge is 0.354 e. The summed E-state index contributed by atoms with van der Waals surface area (Å²) in [6.07, 6.45) is 0. The Morgan fingerprint density at radius 3 is 2.56 bits per heavy atom. The summed E-state index contributed by atoms with van der Waals surface area (Å²) >= 11 is 2.15. The first-order valence-corrected chi connectivity index (χ1v) is 12.3. The molecule has 1 saturated heterocycles. The van der Waals surface area contributed by atoms with Crippen molar-refractivity contribution >= 4 is 57.3 Å². The number of amides is 3. The number of nitrogens with zero attached hydrogens (tertiary/aromatic N) is 5. The molecule has 4 aromatic rings. The molecule has 0 bridgehead atoms. The number of thioether (sulfide) groups is 2. The number of hydrogen-bond acceptors (Lipinski definition) is 8. The lowest BCUT2D eigenvalue weighted by Crippen LogP contribution is -2.38. The van der Waals surface area contributed by atoms with Crippen LogP contribution in [-0.4, -0.2) is 65.7 Å². The quantitative estimate of drug-likeness (QED) is 0.387. The van der Waals surface area contributed by atoms with Gasteiger partial charge in [-0.2, -0.15) is 0 Å². The van der Waals surface area contributed by atoms with E-state index in [1.165, 1.54) is 16.3 Å². The number of benzene rings is 2. The molecule has 0 unspecified atom stereocenters. The van der Waals surface area contributed by atoms with Gasteiger partial charge in [0.05, 0.1) is 28.1 Å². The Kier molecular flexibility index (Phi) is 6.07. The third-order valence-electron chi connectivity index (χ3n) is 5.24. The van der Waals surface area contributed by atoms with Gasteiger partial charge < -0.3 is 5.32 Å². The minimum absolute atomic E-state index is 0.0518. The Morgan fingerprint density at radius 2 is 1.79 bits per heavy atom. The molecular weight excluding hydrogens is 476 g/mol. The van der Waals surface area contributed by atoms with Crippen LogP contribution in [0.1, 0.15) is 0 Å². The van der Waals surface area contributed by atoms with Gasteiger partial charge in [0, 0.05) is 13.1 Å². The van der Waals surface area contributed by atoms with Gasteiger partial charge in [-0.15, -0.1) is 10.2 Å². The lowest BCUT2D eigenvalue weighted by Gasteiger charge is -2.13. The summed E-state index contributed by atoms with van der Waals surface area (Å²) in [5.41, 5.74) is 1.10. The first-order chi connectivity index (χ1) is 16.5. The van der Waals surface area contributed by atoms with E-state index in [-0.39, 0.29) is 47.2 Å². The molecule has 34 heavy (non-hydrogen) atoms. The van der Waals surface area contributed by atoms with Gasteiger partial charge in [0.1, 0.15) is 0 Å². The van der Waals surface area contributed by atoms with E-state index in [0.717, 1.165) is 16.7 Å². The fourth-order valence-electron chi connectivity index (χ4n) is 3.67. The Hall–Kier alpha value is -3.64. The van der Waals surface area contributed by atoms with Crippen LogP contribution in [0.5, 0.6) is 0 Å².